The first-order valence-electron chi connectivity index (χ1n) is 9.16. The van der Waals surface area contributed by atoms with Crippen LogP contribution in [0.1, 0.15) is 11.1 Å². The predicted octanol–water partition coefficient (Wildman–Crippen LogP) is 2.80. The summed E-state index contributed by atoms with van der Waals surface area (Å²) in [6.45, 7) is 6.10. The maximum Gasteiger partial charge on any atom is 0.264 e. The number of morpholine rings is 1. The lowest BCUT2D eigenvalue weighted by atomic mass is 10.1. The number of anilines is 2. The van der Waals surface area contributed by atoms with Gasteiger partial charge in [0.05, 0.1) is 13.2 Å². The third-order valence-electron chi connectivity index (χ3n) is 5.03. The van der Waals surface area contributed by atoms with Crippen LogP contribution in [0.5, 0.6) is 5.75 Å². The zero-order valence-electron chi connectivity index (χ0n) is 15.1. The van der Waals surface area contributed by atoms with E-state index in [0.717, 1.165) is 56.4 Å². The molecule has 2 aromatic rings. The Morgan fingerprint density at radius 2 is 1.85 bits per heavy atom. The minimum Gasteiger partial charge on any atom is -0.484 e. The van der Waals surface area contributed by atoms with Crippen molar-refractivity contribution >= 4 is 17.3 Å². The van der Waals surface area contributed by atoms with E-state index >= 15 is 0 Å². The van der Waals surface area contributed by atoms with E-state index in [-0.39, 0.29) is 12.5 Å². The SMILES string of the molecule is Cc1ccc(OCC(=O)N2CCc3ccc(N4CCOCC4)cc32)cc1. The molecular weight excluding hydrogens is 328 g/mol. The highest BCUT2D eigenvalue weighted by atomic mass is 16.5. The van der Waals surface area contributed by atoms with Crippen LogP contribution in [0, 0.1) is 6.92 Å². The number of rotatable bonds is 4. The fourth-order valence-corrected chi connectivity index (χ4v) is 3.50. The topological polar surface area (TPSA) is 42.0 Å². The van der Waals surface area contributed by atoms with Gasteiger partial charge in [-0.15, -0.1) is 0 Å². The minimum absolute atomic E-state index is 0.00320. The lowest BCUT2D eigenvalue weighted by Crippen LogP contribution is -2.36. The van der Waals surface area contributed by atoms with E-state index in [1.54, 1.807) is 0 Å². The third kappa shape index (κ3) is 3.53. The summed E-state index contributed by atoms with van der Waals surface area (Å²) in [4.78, 5) is 16.9. The molecule has 1 amide bonds. The first-order valence-corrected chi connectivity index (χ1v) is 9.16. The maximum atomic E-state index is 12.7. The van der Waals surface area contributed by atoms with Crippen LogP contribution in [-0.2, 0) is 16.0 Å². The molecule has 0 bridgehead atoms. The number of carbonyl (C=O) groups excluding carboxylic acids is 1. The molecular formula is C21H24N2O3. The fourth-order valence-electron chi connectivity index (χ4n) is 3.50. The van der Waals surface area contributed by atoms with Crippen molar-refractivity contribution in [2.24, 2.45) is 0 Å². The summed E-state index contributed by atoms with van der Waals surface area (Å²) in [6.07, 6.45) is 0.898. The molecule has 136 valence electrons. The van der Waals surface area contributed by atoms with E-state index in [4.69, 9.17) is 9.47 Å². The summed E-state index contributed by atoms with van der Waals surface area (Å²) in [5.74, 6) is 0.730. The fraction of sp³-hybridized carbons (Fsp3) is 0.381. The number of fused-ring (bicyclic) bond motifs is 1. The van der Waals surface area contributed by atoms with Crippen molar-refractivity contribution in [3.8, 4) is 5.75 Å². The second kappa shape index (κ2) is 7.38. The van der Waals surface area contributed by atoms with Gasteiger partial charge < -0.3 is 19.3 Å². The molecule has 2 heterocycles. The van der Waals surface area contributed by atoms with Crippen molar-refractivity contribution in [2.45, 2.75) is 13.3 Å². The van der Waals surface area contributed by atoms with E-state index in [2.05, 4.69) is 23.1 Å². The molecule has 2 aliphatic rings. The second-order valence-corrected chi connectivity index (χ2v) is 6.81. The number of nitrogens with zero attached hydrogens (tertiary/aromatic N) is 2. The number of carbonyl (C=O) groups is 1. The van der Waals surface area contributed by atoms with E-state index in [1.165, 1.54) is 11.1 Å². The number of aryl methyl sites for hydroxylation is 1. The van der Waals surface area contributed by atoms with Gasteiger partial charge in [0.25, 0.3) is 5.91 Å². The Balaban J connectivity index is 1.45. The smallest absolute Gasteiger partial charge is 0.264 e. The van der Waals surface area contributed by atoms with Crippen LogP contribution < -0.4 is 14.5 Å². The molecule has 0 atom stereocenters. The first-order chi connectivity index (χ1) is 12.7. The molecule has 0 saturated carbocycles. The zero-order valence-corrected chi connectivity index (χ0v) is 15.1. The summed E-state index contributed by atoms with van der Waals surface area (Å²) < 4.78 is 11.1. The first kappa shape index (κ1) is 16.9. The van der Waals surface area contributed by atoms with E-state index in [0.29, 0.717) is 0 Å². The molecule has 0 spiro atoms. The van der Waals surface area contributed by atoms with Crippen LogP contribution in [-0.4, -0.2) is 45.4 Å². The van der Waals surface area contributed by atoms with Crippen LogP contribution in [0.4, 0.5) is 11.4 Å². The van der Waals surface area contributed by atoms with Gasteiger partial charge in [-0.25, -0.2) is 0 Å². The van der Waals surface area contributed by atoms with Crippen molar-refractivity contribution in [3.05, 3.63) is 53.6 Å². The Kier molecular flexibility index (Phi) is 4.80. The predicted molar refractivity (Wildman–Crippen MR) is 102 cm³/mol. The van der Waals surface area contributed by atoms with Gasteiger partial charge in [-0.3, -0.25) is 4.79 Å². The summed E-state index contributed by atoms with van der Waals surface area (Å²) in [7, 11) is 0. The molecule has 2 aromatic carbocycles. The number of hydrogen-bond donors (Lipinski definition) is 0. The molecule has 0 aromatic heterocycles. The van der Waals surface area contributed by atoms with Crippen LogP contribution in [0.25, 0.3) is 0 Å². The Labute approximate surface area is 154 Å². The lowest BCUT2D eigenvalue weighted by Gasteiger charge is -2.29. The van der Waals surface area contributed by atoms with Crippen molar-refractivity contribution in [1.29, 1.82) is 0 Å². The van der Waals surface area contributed by atoms with Crippen molar-refractivity contribution in [1.82, 2.24) is 0 Å². The average Bonchev–Trinajstić information content (AvgIpc) is 3.11. The Morgan fingerprint density at radius 3 is 2.62 bits per heavy atom. The van der Waals surface area contributed by atoms with Crippen LogP contribution in [0.2, 0.25) is 0 Å². The Morgan fingerprint density at radius 1 is 1.08 bits per heavy atom. The standard InChI is InChI=1S/C21H24N2O3/c1-16-2-6-19(7-3-16)26-15-21(24)23-9-8-17-4-5-18(14-20(17)23)22-10-12-25-13-11-22/h2-7,14H,8-13,15H2,1H3. The van der Waals surface area contributed by atoms with E-state index in [9.17, 15) is 4.79 Å². The largest absolute Gasteiger partial charge is 0.484 e. The molecule has 4 rings (SSSR count). The highest BCUT2D eigenvalue weighted by Gasteiger charge is 2.26. The molecule has 26 heavy (non-hydrogen) atoms. The van der Waals surface area contributed by atoms with Gasteiger partial charge in [-0.1, -0.05) is 23.8 Å². The summed E-state index contributed by atoms with van der Waals surface area (Å²) in [5.41, 5.74) is 4.58. The number of ether oxygens (including phenoxy) is 2. The normalized spacial score (nSPS) is 16.5. The van der Waals surface area contributed by atoms with Crippen LogP contribution in [0.3, 0.4) is 0 Å². The average molecular weight is 352 g/mol. The molecule has 5 heteroatoms. The summed E-state index contributed by atoms with van der Waals surface area (Å²) in [6, 6.07) is 14.2. The van der Waals surface area contributed by atoms with Crippen molar-refractivity contribution in [2.75, 3.05) is 49.3 Å². The monoisotopic (exact) mass is 352 g/mol. The van der Waals surface area contributed by atoms with Gasteiger partial charge in [-0.05, 0) is 43.2 Å². The van der Waals surface area contributed by atoms with Gasteiger partial charge in [0.1, 0.15) is 5.75 Å². The van der Waals surface area contributed by atoms with Crippen LogP contribution in [0.15, 0.2) is 42.5 Å². The van der Waals surface area contributed by atoms with E-state index < -0.39 is 0 Å². The van der Waals surface area contributed by atoms with Gasteiger partial charge in [0, 0.05) is 31.0 Å². The Bertz CT molecular complexity index is 782. The molecule has 1 fully saturated rings. The van der Waals surface area contributed by atoms with Gasteiger partial charge in [0.15, 0.2) is 6.61 Å². The summed E-state index contributed by atoms with van der Waals surface area (Å²) >= 11 is 0. The highest BCUT2D eigenvalue weighted by Crippen LogP contribution is 2.32. The zero-order chi connectivity index (χ0) is 17.9. The van der Waals surface area contributed by atoms with Gasteiger partial charge in [-0.2, -0.15) is 0 Å². The minimum atomic E-state index is 0.00320. The highest BCUT2D eigenvalue weighted by molar-refractivity contribution is 5.97. The molecule has 2 aliphatic heterocycles. The molecule has 5 nitrogen and oxygen atoms in total. The van der Waals surface area contributed by atoms with Gasteiger partial charge >= 0.3 is 0 Å². The lowest BCUT2D eigenvalue weighted by molar-refractivity contribution is -0.120. The maximum absolute atomic E-state index is 12.7. The number of benzene rings is 2. The van der Waals surface area contributed by atoms with Crippen molar-refractivity contribution < 1.29 is 14.3 Å². The number of hydrogen-bond acceptors (Lipinski definition) is 4. The van der Waals surface area contributed by atoms with E-state index in [1.807, 2.05) is 36.1 Å². The van der Waals surface area contributed by atoms with Gasteiger partial charge in [0.2, 0.25) is 0 Å². The van der Waals surface area contributed by atoms with Crippen LogP contribution >= 0.6 is 0 Å². The molecule has 0 N–H and O–H groups in total. The quantitative estimate of drug-likeness (QED) is 0.849. The summed E-state index contributed by atoms with van der Waals surface area (Å²) in [5, 5.41) is 0. The molecule has 1 saturated heterocycles. The van der Waals surface area contributed by atoms with Crippen molar-refractivity contribution in [3.63, 3.8) is 0 Å². The molecule has 0 aliphatic carbocycles. The second-order valence-electron chi connectivity index (χ2n) is 6.81. The number of amides is 1. The third-order valence-corrected chi connectivity index (χ3v) is 5.03. The molecule has 0 unspecified atom stereocenters. The Hall–Kier alpha value is -2.53. The molecule has 0 radical (unpaired) electrons.